The van der Waals surface area contributed by atoms with Crippen LogP contribution < -0.4 is 0 Å². The second-order valence-corrected chi connectivity index (χ2v) is 6.62. The molecule has 2 rings (SSSR count). The van der Waals surface area contributed by atoms with E-state index in [4.69, 9.17) is 4.74 Å². The SMILES string of the molecule is COC(=O)c1ccc(COC(=O)c2cccc(CS(C)=O)c2)cc1. The van der Waals surface area contributed by atoms with Gasteiger partial charge >= 0.3 is 11.9 Å². The number of carbonyl (C=O) groups is 2. The van der Waals surface area contributed by atoms with Crippen LogP contribution in [-0.4, -0.2) is 29.5 Å². The summed E-state index contributed by atoms with van der Waals surface area (Å²) in [7, 11) is 0.351. The summed E-state index contributed by atoms with van der Waals surface area (Å²) in [4.78, 5) is 23.5. The normalized spacial score (nSPS) is 11.6. The molecule has 126 valence electrons. The van der Waals surface area contributed by atoms with Crippen LogP contribution in [0.25, 0.3) is 0 Å². The van der Waals surface area contributed by atoms with Crippen molar-refractivity contribution in [3.8, 4) is 0 Å². The lowest BCUT2D eigenvalue weighted by Crippen LogP contribution is -2.06. The van der Waals surface area contributed by atoms with Gasteiger partial charge in [-0.15, -0.1) is 0 Å². The number of rotatable bonds is 6. The zero-order valence-corrected chi connectivity index (χ0v) is 14.3. The molecule has 24 heavy (non-hydrogen) atoms. The summed E-state index contributed by atoms with van der Waals surface area (Å²) in [5.74, 6) is -0.463. The summed E-state index contributed by atoms with van der Waals surface area (Å²) in [6.07, 6.45) is 1.61. The van der Waals surface area contributed by atoms with E-state index in [2.05, 4.69) is 4.74 Å². The molecule has 0 saturated heterocycles. The maximum Gasteiger partial charge on any atom is 0.338 e. The summed E-state index contributed by atoms with van der Waals surface area (Å²) < 4.78 is 21.2. The van der Waals surface area contributed by atoms with E-state index in [1.54, 1.807) is 48.7 Å². The van der Waals surface area contributed by atoms with Crippen LogP contribution in [0.4, 0.5) is 0 Å². The molecule has 5 nitrogen and oxygen atoms in total. The Bertz CT molecular complexity index is 752. The first kappa shape index (κ1) is 17.9. The maximum absolute atomic E-state index is 12.1. The van der Waals surface area contributed by atoms with Crippen LogP contribution in [0.2, 0.25) is 0 Å². The Morgan fingerprint density at radius 2 is 1.67 bits per heavy atom. The molecule has 0 N–H and O–H groups in total. The average molecular weight is 346 g/mol. The van der Waals surface area contributed by atoms with Crippen LogP contribution in [0.1, 0.15) is 31.8 Å². The fourth-order valence-electron chi connectivity index (χ4n) is 2.11. The minimum atomic E-state index is -0.968. The van der Waals surface area contributed by atoms with Crippen molar-refractivity contribution in [3.63, 3.8) is 0 Å². The van der Waals surface area contributed by atoms with E-state index in [9.17, 15) is 13.8 Å². The Labute approximate surface area is 143 Å². The lowest BCUT2D eigenvalue weighted by atomic mass is 10.1. The van der Waals surface area contributed by atoms with Gasteiger partial charge in [-0.25, -0.2) is 9.59 Å². The van der Waals surface area contributed by atoms with Gasteiger partial charge in [0.05, 0.1) is 18.2 Å². The van der Waals surface area contributed by atoms with Crippen LogP contribution in [-0.2, 0) is 32.6 Å². The van der Waals surface area contributed by atoms with Gasteiger partial charge in [0, 0.05) is 22.8 Å². The highest BCUT2D eigenvalue weighted by molar-refractivity contribution is 7.83. The fraction of sp³-hybridized carbons (Fsp3) is 0.222. The molecule has 0 aliphatic carbocycles. The van der Waals surface area contributed by atoms with Gasteiger partial charge in [0.2, 0.25) is 0 Å². The number of esters is 2. The first-order chi connectivity index (χ1) is 11.5. The molecule has 0 aliphatic rings. The number of carbonyl (C=O) groups excluding carboxylic acids is 2. The van der Waals surface area contributed by atoms with Crippen molar-refractivity contribution in [2.75, 3.05) is 13.4 Å². The van der Waals surface area contributed by atoms with Crippen molar-refractivity contribution in [2.24, 2.45) is 0 Å². The minimum absolute atomic E-state index is 0.101. The zero-order chi connectivity index (χ0) is 17.5. The van der Waals surface area contributed by atoms with E-state index in [0.717, 1.165) is 11.1 Å². The van der Waals surface area contributed by atoms with E-state index in [-0.39, 0.29) is 6.61 Å². The van der Waals surface area contributed by atoms with Gasteiger partial charge in [-0.1, -0.05) is 24.3 Å². The van der Waals surface area contributed by atoms with E-state index < -0.39 is 22.7 Å². The third-order valence-corrected chi connectivity index (χ3v) is 4.02. The van der Waals surface area contributed by atoms with Crippen molar-refractivity contribution >= 4 is 22.7 Å². The molecule has 1 unspecified atom stereocenters. The van der Waals surface area contributed by atoms with Crippen molar-refractivity contribution < 1.29 is 23.3 Å². The number of hydrogen-bond acceptors (Lipinski definition) is 5. The first-order valence-electron chi connectivity index (χ1n) is 7.23. The Morgan fingerprint density at radius 1 is 0.958 bits per heavy atom. The van der Waals surface area contributed by atoms with Crippen molar-refractivity contribution in [2.45, 2.75) is 12.4 Å². The van der Waals surface area contributed by atoms with Crippen LogP contribution >= 0.6 is 0 Å². The molecule has 0 saturated carbocycles. The quantitative estimate of drug-likeness (QED) is 0.752. The largest absolute Gasteiger partial charge is 0.465 e. The van der Waals surface area contributed by atoms with Gasteiger partial charge in [0.15, 0.2) is 0 Å². The van der Waals surface area contributed by atoms with Gasteiger partial charge in [-0.2, -0.15) is 0 Å². The second-order valence-electron chi connectivity index (χ2n) is 5.18. The highest BCUT2D eigenvalue weighted by Gasteiger charge is 2.10. The molecule has 1 atom stereocenters. The highest BCUT2D eigenvalue weighted by atomic mass is 32.2. The number of methoxy groups -OCH3 is 1. The van der Waals surface area contributed by atoms with Crippen LogP contribution in [0.5, 0.6) is 0 Å². The molecule has 0 spiro atoms. The second kappa shape index (κ2) is 8.40. The molecule has 0 aromatic heterocycles. The summed E-state index contributed by atoms with van der Waals surface area (Å²) in [5, 5.41) is 0. The van der Waals surface area contributed by atoms with E-state index in [0.29, 0.717) is 16.9 Å². The minimum Gasteiger partial charge on any atom is -0.465 e. The molecule has 0 amide bonds. The summed E-state index contributed by atoms with van der Waals surface area (Å²) in [6.45, 7) is 0.101. The Balaban J connectivity index is 1.97. The molecule has 0 aliphatic heterocycles. The molecular weight excluding hydrogens is 328 g/mol. The molecule has 0 fully saturated rings. The third-order valence-electron chi connectivity index (χ3n) is 3.28. The fourth-order valence-corrected chi connectivity index (χ4v) is 2.76. The topological polar surface area (TPSA) is 69.7 Å². The Morgan fingerprint density at radius 3 is 2.29 bits per heavy atom. The van der Waals surface area contributed by atoms with Gasteiger partial charge in [-0.05, 0) is 35.4 Å². The lowest BCUT2D eigenvalue weighted by Gasteiger charge is -2.07. The average Bonchev–Trinajstić information content (AvgIpc) is 2.59. The first-order valence-corrected chi connectivity index (χ1v) is 8.95. The lowest BCUT2D eigenvalue weighted by molar-refractivity contribution is 0.0471. The number of hydrogen-bond donors (Lipinski definition) is 0. The summed E-state index contributed by atoms with van der Waals surface area (Å²) >= 11 is 0. The predicted octanol–water partition coefficient (Wildman–Crippen LogP) is 2.71. The molecule has 2 aromatic carbocycles. The predicted molar refractivity (Wildman–Crippen MR) is 91.1 cm³/mol. The molecule has 0 radical (unpaired) electrons. The number of benzene rings is 2. The molecule has 0 heterocycles. The monoisotopic (exact) mass is 346 g/mol. The smallest absolute Gasteiger partial charge is 0.338 e. The van der Waals surface area contributed by atoms with Gasteiger partial charge in [0.1, 0.15) is 6.61 Å². The van der Waals surface area contributed by atoms with Crippen molar-refractivity contribution in [3.05, 3.63) is 70.8 Å². The molecular formula is C18H18O5S. The highest BCUT2D eigenvalue weighted by Crippen LogP contribution is 2.11. The van der Waals surface area contributed by atoms with E-state index in [1.165, 1.54) is 7.11 Å². The van der Waals surface area contributed by atoms with Crippen LogP contribution in [0, 0.1) is 0 Å². The van der Waals surface area contributed by atoms with Crippen molar-refractivity contribution in [1.82, 2.24) is 0 Å². The molecule has 6 heteroatoms. The maximum atomic E-state index is 12.1. The van der Waals surface area contributed by atoms with Gasteiger partial charge in [-0.3, -0.25) is 4.21 Å². The number of ether oxygens (including phenoxy) is 2. The van der Waals surface area contributed by atoms with Crippen LogP contribution in [0.15, 0.2) is 48.5 Å². The van der Waals surface area contributed by atoms with Gasteiger partial charge in [0.25, 0.3) is 0 Å². The molecule has 2 aromatic rings. The van der Waals surface area contributed by atoms with Gasteiger partial charge < -0.3 is 9.47 Å². The molecule has 0 bridgehead atoms. The van der Waals surface area contributed by atoms with E-state index >= 15 is 0 Å². The van der Waals surface area contributed by atoms with Crippen molar-refractivity contribution in [1.29, 1.82) is 0 Å². The summed E-state index contributed by atoms with van der Waals surface area (Å²) in [6, 6.07) is 13.5. The Hall–Kier alpha value is -2.47. The summed E-state index contributed by atoms with van der Waals surface area (Å²) in [5.41, 5.74) is 2.45. The van der Waals surface area contributed by atoms with E-state index in [1.807, 2.05) is 6.07 Å². The third kappa shape index (κ3) is 5.03. The van der Waals surface area contributed by atoms with Crippen LogP contribution in [0.3, 0.4) is 0 Å². The standard InChI is InChI=1S/C18H18O5S/c1-22-17(19)15-8-6-13(7-9-15)11-23-18(20)16-5-3-4-14(10-16)12-24(2)21/h3-10H,11-12H2,1-2H3. The zero-order valence-electron chi connectivity index (χ0n) is 13.5. The Kier molecular flexibility index (Phi) is 6.26.